The lowest BCUT2D eigenvalue weighted by molar-refractivity contribution is -0.123. The zero-order chi connectivity index (χ0) is 14.9. The molecule has 1 amide bonds. The summed E-state index contributed by atoms with van der Waals surface area (Å²) in [7, 11) is 2.11. The quantitative estimate of drug-likeness (QED) is 0.756. The number of piperidine rings is 1. The molecule has 0 bridgehead atoms. The molecule has 0 spiro atoms. The Hall–Kier alpha value is -1.55. The van der Waals surface area contributed by atoms with E-state index in [1.807, 2.05) is 6.07 Å². The van der Waals surface area contributed by atoms with E-state index in [-0.39, 0.29) is 11.9 Å². The van der Waals surface area contributed by atoms with Crippen molar-refractivity contribution in [1.29, 1.82) is 0 Å². The van der Waals surface area contributed by atoms with Crippen LogP contribution >= 0.6 is 0 Å². The number of carbonyl (C=O) groups is 1. The van der Waals surface area contributed by atoms with E-state index in [1.165, 1.54) is 12.1 Å². The second kappa shape index (κ2) is 8.67. The Kier molecular flexibility index (Phi) is 6.54. The summed E-state index contributed by atoms with van der Waals surface area (Å²) in [6.45, 7) is 2.77. The Balaban J connectivity index is 1.56. The summed E-state index contributed by atoms with van der Waals surface area (Å²) in [6, 6.07) is 10.4. The average Bonchev–Trinajstić information content (AvgIpc) is 2.55. The second-order valence-electron chi connectivity index (χ2n) is 5.76. The summed E-state index contributed by atoms with van der Waals surface area (Å²) >= 11 is 0. The van der Waals surface area contributed by atoms with Gasteiger partial charge < -0.3 is 15.5 Å². The van der Waals surface area contributed by atoms with Gasteiger partial charge in [0.25, 0.3) is 0 Å². The summed E-state index contributed by atoms with van der Waals surface area (Å²) in [6.07, 6.45) is 5.44. The number of para-hydroxylation sites is 1. The number of rotatable bonds is 7. The van der Waals surface area contributed by atoms with Gasteiger partial charge in [0.15, 0.2) is 0 Å². The maximum atomic E-state index is 11.9. The molecule has 116 valence electrons. The van der Waals surface area contributed by atoms with Crippen molar-refractivity contribution in [2.24, 2.45) is 0 Å². The lowest BCUT2D eigenvalue weighted by Gasteiger charge is -2.22. The van der Waals surface area contributed by atoms with Crippen LogP contribution in [0.1, 0.15) is 32.1 Å². The van der Waals surface area contributed by atoms with Crippen molar-refractivity contribution in [1.82, 2.24) is 10.6 Å². The van der Waals surface area contributed by atoms with Gasteiger partial charge in [-0.15, -0.1) is 0 Å². The third-order valence-electron chi connectivity index (χ3n) is 4.04. The lowest BCUT2D eigenvalue weighted by Crippen LogP contribution is -2.46. The van der Waals surface area contributed by atoms with Crippen LogP contribution in [0.3, 0.4) is 0 Å². The molecule has 2 N–H and O–H groups in total. The molecule has 1 aromatic carbocycles. The molecule has 1 fully saturated rings. The molecule has 4 heteroatoms. The number of carbonyl (C=O) groups excluding carboxylic acids is 1. The Morgan fingerprint density at radius 2 is 2.10 bits per heavy atom. The summed E-state index contributed by atoms with van der Waals surface area (Å²) in [4.78, 5) is 14.2. The number of nitrogens with one attached hydrogen (secondary N) is 2. The van der Waals surface area contributed by atoms with Gasteiger partial charge in [-0.1, -0.05) is 24.6 Å². The number of nitrogens with zero attached hydrogens (tertiary/aromatic N) is 1. The lowest BCUT2D eigenvalue weighted by atomic mass is 10.0. The fourth-order valence-corrected chi connectivity index (χ4v) is 2.70. The predicted molar refractivity (Wildman–Crippen MR) is 87.6 cm³/mol. The van der Waals surface area contributed by atoms with E-state index < -0.39 is 0 Å². The van der Waals surface area contributed by atoms with Gasteiger partial charge in [0.05, 0.1) is 6.04 Å². The van der Waals surface area contributed by atoms with Crippen LogP contribution in [0.25, 0.3) is 0 Å². The molecule has 0 aliphatic carbocycles. The minimum Gasteiger partial charge on any atom is -0.375 e. The molecule has 0 unspecified atom stereocenters. The molecule has 1 heterocycles. The highest BCUT2D eigenvalue weighted by Gasteiger charge is 2.19. The van der Waals surface area contributed by atoms with Crippen LogP contribution in [0.2, 0.25) is 0 Å². The van der Waals surface area contributed by atoms with Gasteiger partial charge in [-0.05, 0) is 44.4 Å². The molecule has 4 nitrogen and oxygen atoms in total. The molecule has 0 radical (unpaired) electrons. The van der Waals surface area contributed by atoms with Crippen LogP contribution < -0.4 is 15.5 Å². The Bertz CT molecular complexity index is 415. The normalized spacial score (nSPS) is 18.2. The largest absolute Gasteiger partial charge is 0.375 e. The predicted octanol–water partition coefficient (Wildman–Crippen LogP) is 2.16. The molecular weight excluding hydrogens is 262 g/mol. The monoisotopic (exact) mass is 289 g/mol. The van der Waals surface area contributed by atoms with E-state index in [9.17, 15) is 4.79 Å². The molecule has 2 rings (SSSR count). The SMILES string of the molecule is CN(CCCCNC(=O)[C@H]1CCCCN1)c1ccccc1. The molecule has 1 aliphatic rings. The minimum atomic E-state index is 0.0331. The van der Waals surface area contributed by atoms with Crippen molar-refractivity contribution >= 4 is 11.6 Å². The summed E-state index contributed by atoms with van der Waals surface area (Å²) in [5.74, 6) is 0.172. The van der Waals surface area contributed by atoms with Crippen LogP contribution in [0.4, 0.5) is 5.69 Å². The average molecular weight is 289 g/mol. The van der Waals surface area contributed by atoms with Crippen molar-refractivity contribution < 1.29 is 4.79 Å². The third kappa shape index (κ3) is 5.38. The topological polar surface area (TPSA) is 44.4 Å². The smallest absolute Gasteiger partial charge is 0.237 e. The second-order valence-corrected chi connectivity index (χ2v) is 5.76. The first-order valence-corrected chi connectivity index (χ1v) is 8.04. The maximum absolute atomic E-state index is 11.9. The molecule has 1 atom stereocenters. The number of hydrogen-bond donors (Lipinski definition) is 2. The van der Waals surface area contributed by atoms with Crippen LogP contribution in [-0.2, 0) is 4.79 Å². The molecule has 0 aromatic heterocycles. The zero-order valence-electron chi connectivity index (χ0n) is 13.0. The highest BCUT2D eigenvalue weighted by atomic mass is 16.2. The van der Waals surface area contributed by atoms with Gasteiger partial charge in [0.1, 0.15) is 0 Å². The fraction of sp³-hybridized carbons (Fsp3) is 0.588. The highest BCUT2D eigenvalue weighted by molar-refractivity contribution is 5.81. The Labute approximate surface area is 127 Å². The molecule has 1 aromatic rings. The van der Waals surface area contributed by atoms with Crippen molar-refractivity contribution in [3.8, 4) is 0 Å². The summed E-state index contributed by atoms with van der Waals surface area (Å²) < 4.78 is 0. The first-order valence-electron chi connectivity index (χ1n) is 8.04. The number of hydrogen-bond acceptors (Lipinski definition) is 3. The Morgan fingerprint density at radius 1 is 1.29 bits per heavy atom. The number of anilines is 1. The molecule has 1 saturated heterocycles. The van der Waals surface area contributed by atoms with Gasteiger partial charge >= 0.3 is 0 Å². The molecular formula is C17H27N3O. The van der Waals surface area contributed by atoms with E-state index in [0.29, 0.717) is 0 Å². The highest BCUT2D eigenvalue weighted by Crippen LogP contribution is 2.11. The summed E-state index contributed by atoms with van der Waals surface area (Å²) in [5, 5.41) is 6.33. The molecule has 21 heavy (non-hydrogen) atoms. The van der Waals surface area contributed by atoms with E-state index in [4.69, 9.17) is 0 Å². The number of benzene rings is 1. The van der Waals surface area contributed by atoms with Crippen LogP contribution in [-0.4, -0.2) is 38.6 Å². The van der Waals surface area contributed by atoms with E-state index >= 15 is 0 Å². The van der Waals surface area contributed by atoms with Crippen LogP contribution in [0.15, 0.2) is 30.3 Å². The fourth-order valence-electron chi connectivity index (χ4n) is 2.70. The zero-order valence-corrected chi connectivity index (χ0v) is 13.0. The number of amides is 1. The first kappa shape index (κ1) is 15.8. The van der Waals surface area contributed by atoms with Crippen molar-refractivity contribution in [2.45, 2.75) is 38.1 Å². The van der Waals surface area contributed by atoms with Gasteiger partial charge in [0.2, 0.25) is 5.91 Å². The summed E-state index contributed by atoms with van der Waals surface area (Å²) in [5.41, 5.74) is 1.24. The van der Waals surface area contributed by atoms with Crippen molar-refractivity contribution in [3.05, 3.63) is 30.3 Å². The maximum Gasteiger partial charge on any atom is 0.237 e. The van der Waals surface area contributed by atoms with E-state index in [1.54, 1.807) is 0 Å². The first-order chi connectivity index (χ1) is 10.3. The minimum absolute atomic E-state index is 0.0331. The van der Waals surface area contributed by atoms with Crippen molar-refractivity contribution in [2.75, 3.05) is 31.6 Å². The Morgan fingerprint density at radius 3 is 2.81 bits per heavy atom. The standard InChI is InChI=1S/C17H27N3O/c1-20(15-9-3-2-4-10-15)14-8-7-13-19-17(21)16-11-5-6-12-18-16/h2-4,9-10,16,18H,5-8,11-14H2,1H3,(H,19,21)/t16-/m1/s1. The molecule has 1 aliphatic heterocycles. The van der Waals surface area contributed by atoms with Gasteiger partial charge in [0, 0.05) is 25.8 Å². The van der Waals surface area contributed by atoms with Crippen LogP contribution in [0, 0.1) is 0 Å². The van der Waals surface area contributed by atoms with E-state index in [0.717, 1.165) is 45.3 Å². The van der Waals surface area contributed by atoms with Crippen LogP contribution in [0.5, 0.6) is 0 Å². The van der Waals surface area contributed by atoms with Gasteiger partial charge in [-0.3, -0.25) is 4.79 Å². The van der Waals surface area contributed by atoms with E-state index in [2.05, 4.69) is 46.8 Å². The van der Waals surface area contributed by atoms with Gasteiger partial charge in [-0.25, -0.2) is 0 Å². The van der Waals surface area contributed by atoms with Crippen molar-refractivity contribution in [3.63, 3.8) is 0 Å². The van der Waals surface area contributed by atoms with Gasteiger partial charge in [-0.2, -0.15) is 0 Å². The molecule has 0 saturated carbocycles. The third-order valence-corrected chi connectivity index (χ3v) is 4.04. The number of unbranched alkanes of at least 4 members (excludes halogenated alkanes) is 1.